The number of morpholine rings is 1. The molecule has 1 N–H and O–H groups in total. The highest BCUT2D eigenvalue weighted by Gasteiger charge is 2.32. The van der Waals surface area contributed by atoms with Crippen LogP contribution in [0.5, 0.6) is 0 Å². The van der Waals surface area contributed by atoms with E-state index in [2.05, 4.69) is 10.1 Å². The summed E-state index contributed by atoms with van der Waals surface area (Å²) in [5.74, 6) is -0.406. The number of rotatable bonds is 4. The molecule has 19 heavy (non-hydrogen) atoms. The van der Waals surface area contributed by atoms with Gasteiger partial charge < -0.3 is 19.3 Å². The lowest BCUT2D eigenvalue weighted by Gasteiger charge is -2.32. The van der Waals surface area contributed by atoms with Crippen molar-refractivity contribution in [3.8, 4) is 0 Å². The normalized spacial score (nSPS) is 19.4. The molecule has 1 amide bonds. The molecule has 1 aliphatic heterocycles. The van der Waals surface area contributed by atoms with Crippen molar-refractivity contribution in [1.29, 1.82) is 0 Å². The number of nitrogens with zero attached hydrogens (tertiary/aromatic N) is 3. The Morgan fingerprint density at radius 2 is 2.32 bits per heavy atom. The maximum atomic E-state index is 12.0. The third-order valence-corrected chi connectivity index (χ3v) is 2.86. The molecule has 0 aliphatic carbocycles. The van der Waals surface area contributed by atoms with Crippen molar-refractivity contribution in [2.45, 2.75) is 25.8 Å². The Morgan fingerprint density at radius 3 is 2.95 bits per heavy atom. The first-order valence-electron chi connectivity index (χ1n) is 5.97. The Balaban J connectivity index is 1.92. The third kappa shape index (κ3) is 3.28. The molecule has 2 heterocycles. The monoisotopic (exact) mass is 269 g/mol. The average Bonchev–Trinajstić information content (AvgIpc) is 2.81. The van der Waals surface area contributed by atoms with Crippen LogP contribution in [0.2, 0.25) is 0 Å². The SMILES string of the molecule is Cc1noc(CCC(=O)N2CCOCC2C(=O)O)n1. The van der Waals surface area contributed by atoms with Crippen molar-refractivity contribution in [3.63, 3.8) is 0 Å². The number of hydrogen-bond donors (Lipinski definition) is 1. The summed E-state index contributed by atoms with van der Waals surface area (Å²) < 4.78 is 9.98. The minimum absolute atomic E-state index is 0.0285. The highest BCUT2D eigenvalue weighted by atomic mass is 16.5. The van der Waals surface area contributed by atoms with Crippen LogP contribution in [-0.4, -0.2) is 57.8 Å². The molecule has 0 bridgehead atoms. The zero-order chi connectivity index (χ0) is 13.8. The molecule has 0 spiro atoms. The summed E-state index contributed by atoms with van der Waals surface area (Å²) in [5, 5.41) is 12.7. The van der Waals surface area contributed by atoms with E-state index in [0.717, 1.165) is 0 Å². The predicted molar refractivity (Wildman–Crippen MR) is 61.3 cm³/mol. The van der Waals surface area contributed by atoms with Crippen LogP contribution >= 0.6 is 0 Å². The second-order valence-corrected chi connectivity index (χ2v) is 4.25. The first-order valence-corrected chi connectivity index (χ1v) is 5.97. The Bertz CT molecular complexity index is 473. The highest BCUT2D eigenvalue weighted by molar-refractivity contribution is 5.84. The van der Waals surface area contributed by atoms with Crippen molar-refractivity contribution in [2.75, 3.05) is 19.8 Å². The lowest BCUT2D eigenvalue weighted by Crippen LogP contribution is -2.52. The molecular weight excluding hydrogens is 254 g/mol. The second kappa shape index (κ2) is 5.79. The number of hydrogen-bond acceptors (Lipinski definition) is 6. The number of ether oxygens (including phenoxy) is 1. The highest BCUT2D eigenvalue weighted by Crippen LogP contribution is 2.11. The van der Waals surface area contributed by atoms with Crippen molar-refractivity contribution < 1.29 is 24.0 Å². The van der Waals surface area contributed by atoms with Crippen LogP contribution in [0.4, 0.5) is 0 Å². The Kier molecular flexibility index (Phi) is 4.10. The quantitative estimate of drug-likeness (QED) is 0.794. The molecule has 0 aromatic carbocycles. The van der Waals surface area contributed by atoms with E-state index in [9.17, 15) is 9.59 Å². The molecule has 104 valence electrons. The van der Waals surface area contributed by atoms with E-state index >= 15 is 0 Å². The minimum atomic E-state index is -1.05. The topological polar surface area (TPSA) is 106 Å². The largest absolute Gasteiger partial charge is 0.480 e. The number of aryl methyl sites for hydroxylation is 2. The molecule has 1 atom stereocenters. The molecule has 1 aromatic rings. The number of aromatic nitrogens is 2. The van der Waals surface area contributed by atoms with E-state index in [1.54, 1.807) is 6.92 Å². The molecular formula is C11H15N3O5. The zero-order valence-electron chi connectivity index (χ0n) is 10.5. The summed E-state index contributed by atoms with van der Waals surface area (Å²) in [6.07, 6.45) is 0.453. The van der Waals surface area contributed by atoms with Gasteiger partial charge in [0.25, 0.3) is 0 Å². The zero-order valence-corrected chi connectivity index (χ0v) is 10.5. The van der Waals surface area contributed by atoms with E-state index in [0.29, 0.717) is 31.3 Å². The van der Waals surface area contributed by atoms with Crippen molar-refractivity contribution >= 4 is 11.9 Å². The van der Waals surface area contributed by atoms with Crippen LogP contribution in [0.1, 0.15) is 18.1 Å². The average molecular weight is 269 g/mol. The molecule has 0 radical (unpaired) electrons. The van der Waals surface area contributed by atoms with Crippen molar-refractivity contribution in [1.82, 2.24) is 15.0 Å². The number of amides is 1. The minimum Gasteiger partial charge on any atom is -0.480 e. The lowest BCUT2D eigenvalue weighted by atomic mass is 10.2. The molecule has 1 aliphatic rings. The Labute approximate surface area is 109 Å². The van der Waals surface area contributed by atoms with Crippen LogP contribution in [0.25, 0.3) is 0 Å². The number of carbonyl (C=O) groups excluding carboxylic acids is 1. The van der Waals surface area contributed by atoms with Crippen LogP contribution in [0.3, 0.4) is 0 Å². The van der Waals surface area contributed by atoms with Crippen LogP contribution < -0.4 is 0 Å². The summed E-state index contributed by atoms with van der Waals surface area (Å²) in [6, 6.07) is -0.911. The van der Waals surface area contributed by atoms with Gasteiger partial charge in [0, 0.05) is 19.4 Å². The van der Waals surface area contributed by atoms with Gasteiger partial charge in [0.05, 0.1) is 13.2 Å². The Morgan fingerprint density at radius 1 is 1.53 bits per heavy atom. The van der Waals surface area contributed by atoms with Crippen LogP contribution in [-0.2, 0) is 20.7 Å². The van der Waals surface area contributed by atoms with Gasteiger partial charge in [-0.15, -0.1) is 0 Å². The molecule has 0 saturated carbocycles. The molecule has 1 aromatic heterocycles. The summed E-state index contributed by atoms with van der Waals surface area (Å²) in [4.78, 5) is 28.4. The fourth-order valence-electron chi connectivity index (χ4n) is 1.91. The summed E-state index contributed by atoms with van der Waals surface area (Å²) >= 11 is 0. The Hall–Kier alpha value is -1.96. The van der Waals surface area contributed by atoms with Gasteiger partial charge in [0.15, 0.2) is 11.9 Å². The van der Waals surface area contributed by atoms with Gasteiger partial charge in [-0.2, -0.15) is 4.98 Å². The van der Waals surface area contributed by atoms with E-state index in [-0.39, 0.29) is 18.9 Å². The lowest BCUT2D eigenvalue weighted by molar-refractivity contribution is -0.158. The van der Waals surface area contributed by atoms with Gasteiger partial charge in [0.1, 0.15) is 0 Å². The van der Waals surface area contributed by atoms with Crippen LogP contribution in [0, 0.1) is 6.92 Å². The molecule has 8 nitrogen and oxygen atoms in total. The molecule has 8 heteroatoms. The van der Waals surface area contributed by atoms with Gasteiger partial charge in [-0.3, -0.25) is 4.79 Å². The summed E-state index contributed by atoms with van der Waals surface area (Å²) in [7, 11) is 0. The van der Waals surface area contributed by atoms with Gasteiger partial charge in [-0.05, 0) is 6.92 Å². The van der Waals surface area contributed by atoms with Gasteiger partial charge >= 0.3 is 5.97 Å². The van der Waals surface area contributed by atoms with Gasteiger partial charge in [-0.25, -0.2) is 4.79 Å². The number of carbonyl (C=O) groups is 2. The fraction of sp³-hybridized carbons (Fsp3) is 0.636. The van der Waals surface area contributed by atoms with E-state index in [1.807, 2.05) is 0 Å². The third-order valence-electron chi connectivity index (χ3n) is 2.86. The van der Waals surface area contributed by atoms with Crippen molar-refractivity contribution in [2.24, 2.45) is 0 Å². The van der Waals surface area contributed by atoms with Gasteiger partial charge in [-0.1, -0.05) is 5.16 Å². The fourth-order valence-corrected chi connectivity index (χ4v) is 1.91. The predicted octanol–water partition coefficient (Wildman–Crippen LogP) is -0.377. The van der Waals surface area contributed by atoms with E-state index in [1.165, 1.54) is 4.90 Å². The second-order valence-electron chi connectivity index (χ2n) is 4.25. The first-order chi connectivity index (χ1) is 9.08. The maximum absolute atomic E-state index is 12.0. The summed E-state index contributed by atoms with van der Waals surface area (Å²) in [6.45, 7) is 2.37. The van der Waals surface area contributed by atoms with Crippen LogP contribution in [0.15, 0.2) is 4.52 Å². The number of carboxylic acid groups (broad SMARTS) is 1. The number of carboxylic acids is 1. The maximum Gasteiger partial charge on any atom is 0.328 e. The van der Waals surface area contributed by atoms with E-state index < -0.39 is 12.0 Å². The standard InChI is InChI=1S/C11H15N3O5/c1-7-12-9(19-13-7)2-3-10(15)14-4-5-18-6-8(14)11(16)17/h8H,2-6H2,1H3,(H,16,17). The molecule has 1 unspecified atom stereocenters. The summed E-state index contributed by atoms with van der Waals surface area (Å²) in [5.41, 5.74) is 0. The first kappa shape index (κ1) is 13.5. The van der Waals surface area contributed by atoms with Gasteiger partial charge in [0.2, 0.25) is 11.8 Å². The smallest absolute Gasteiger partial charge is 0.328 e. The molecule has 2 rings (SSSR count). The van der Waals surface area contributed by atoms with Crippen molar-refractivity contribution in [3.05, 3.63) is 11.7 Å². The molecule has 1 fully saturated rings. The molecule has 1 saturated heterocycles. The number of aliphatic carboxylic acids is 1. The van der Waals surface area contributed by atoms with E-state index in [4.69, 9.17) is 14.4 Å².